The number of methoxy groups -OCH3 is 1. The number of likely N-dealkylation sites (tertiary alicyclic amines) is 1. The summed E-state index contributed by atoms with van der Waals surface area (Å²) >= 11 is 0. The van der Waals surface area contributed by atoms with Crippen LogP contribution in [0.1, 0.15) is 31.7 Å². The molecular formula is C20H33IN4O2. The highest BCUT2D eigenvalue weighted by Gasteiger charge is 2.22. The van der Waals surface area contributed by atoms with Crippen LogP contribution >= 0.6 is 24.0 Å². The number of ether oxygens (including phenoxy) is 1. The summed E-state index contributed by atoms with van der Waals surface area (Å²) in [6, 6.07) is 8.14. The number of hydrogen-bond donors (Lipinski definition) is 2. The number of halogens is 1. The zero-order chi connectivity index (χ0) is 18.8. The molecule has 1 aliphatic rings. The van der Waals surface area contributed by atoms with Crippen LogP contribution in [0.25, 0.3) is 0 Å². The highest BCUT2D eigenvalue weighted by molar-refractivity contribution is 14.0. The van der Waals surface area contributed by atoms with Crippen LogP contribution in [0, 0.1) is 5.92 Å². The van der Waals surface area contributed by atoms with Gasteiger partial charge in [0.05, 0.1) is 7.11 Å². The number of guanidine groups is 1. The molecule has 1 fully saturated rings. The molecule has 6 nitrogen and oxygen atoms in total. The van der Waals surface area contributed by atoms with Gasteiger partial charge >= 0.3 is 0 Å². The topological polar surface area (TPSA) is 66.0 Å². The summed E-state index contributed by atoms with van der Waals surface area (Å²) in [5.41, 5.74) is 1.23. The lowest BCUT2D eigenvalue weighted by Crippen LogP contribution is -2.46. The molecule has 0 unspecified atom stereocenters. The molecule has 0 aliphatic carbocycles. The molecular weight excluding hydrogens is 455 g/mol. The average molecular weight is 488 g/mol. The van der Waals surface area contributed by atoms with Gasteiger partial charge in [-0.05, 0) is 49.8 Å². The quantitative estimate of drug-likeness (QED) is 0.352. The second kappa shape index (κ2) is 12.8. The van der Waals surface area contributed by atoms with Gasteiger partial charge in [0.15, 0.2) is 5.96 Å². The monoisotopic (exact) mass is 488 g/mol. The van der Waals surface area contributed by atoms with Crippen molar-refractivity contribution in [1.82, 2.24) is 15.5 Å². The number of amides is 1. The predicted octanol–water partition coefficient (Wildman–Crippen LogP) is 2.67. The lowest BCUT2D eigenvalue weighted by molar-refractivity contribution is -0.121. The highest BCUT2D eigenvalue weighted by atomic mass is 127. The zero-order valence-electron chi connectivity index (χ0n) is 16.7. The fourth-order valence-corrected chi connectivity index (χ4v) is 3.26. The van der Waals surface area contributed by atoms with Gasteiger partial charge in [-0.1, -0.05) is 12.1 Å². The molecule has 1 aromatic rings. The molecule has 0 saturated carbocycles. The van der Waals surface area contributed by atoms with E-state index in [1.54, 1.807) is 14.2 Å². The number of carbonyl (C=O) groups is 1. The minimum atomic E-state index is 0. The molecule has 1 aliphatic heterocycles. The number of piperidine rings is 1. The molecule has 2 rings (SSSR count). The van der Waals surface area contributed by atoms with E-state index in [4.69, 9.17) is 9.73 Å². The van der Waals surface area contributed by atoms with Crippen LogP contribution in [-0.2, 0) is 11.2 Å². The average Bonchev–Trinajstić information content (AvgIpc) is 2.68. The third-order valence-electron chi connectivity index (χ3n) is 4.80. The minimum Gasteiger partial charge on any atom is -0.497 e. The normalized spacial score (nSPS) is 15.1. The summed E-state index contributed by atoms with van der Waals surface area (Å²) in [5.74, 6) is 2.48. The molecule has 0 spiro atoms. The van der Waals surface area contributed by atoms with Crippen LogP contribution < -0.4 is 15.4 Å². The maximum absolute atomic E-state index is 11.5. The van der Waals surface area contributed by atoms with Gasteiger partial charge in [-0.2, -0.15) is 0 Å². The number of rotatable bonds is 7. The SMILES string of the molecule is CCNC(=NCCc1cccc(OC)c1)N1CCC(CC(=O)NC)CC1.I. The van der Waals surface area contributed by atoms with Crippen molar-refractivity contribution in [3.8, 4) is 5.75 Å². The molecule has 1 heterocycles. The molecule has 0 atom stereocenters. The molecule has 0 radical (unpaired) electrons. The van der Waals surface area contributed by atoms with Gasteiger partial charge in [0.2, 0.25) is 5.91 Å². The maximum Gasteiger partial charge on any atom is 0.220 e. The Balaban J connectivity index is 0.00000364. The van der Waals surface area contributed by atoms with E-state index in [-0.39, 0.29) is 29.9 Å². The smallest absolute Gasteiger partial charge is 0.220 e. The van der Waals surface area contributed by atoms with Gasteiger partial charge in [-0.25, -0.2) is 0 Å². The van der Waals surface area contributed by atoms with Gasteiger partial charge in [-0.15, -0.1) is 24.0 Å². The summed E-state index contributed by atoms with van der Waals surface area (Å²) in [6.07, 6.45) is 3.59. The van der Waals surface area contributed by atoms with Crippen molar-refractivity contribution in [3.63, 3.8) is 0 Å². The van der Waals surface area contributed by atoms with Gasteiger partial charge in [0, 0.05) is 39.6 Å². The number of aliphatic imine (C=N–C) groups is 1. The van der Waals surface area contributed by atoms with Crippen molar-refractivity contribution in [3.05, 3.63) is 29.8 Å². The van der Waals surface area contributed by atoms with Crippen molar-refractivity contribution < 1.29 is 9.53 Å². The van der Waals surface area contributed by atoms with Crippen molar-refractivity contribution >= 4 is 35.8 Å². The highest BCUT2D eigenvalue weighted by Crippen LogP contribution is 2.20. The summed E-state index contributed by atoms with van der Waals surface area (Å²) in [6.45, 7) is 5.60. The second-order valence-corrected chi connectivity index (χ2v) is 6.64. The molecule has 1 amide bonds. The molecule has 1 aromatic carbocycles. The van der Waals surface area contributed by atoms with E-state index in [2.05, 4.69) is 34.6 Å². The van der Waals surface area contributed by atoms with Crippen LogP contribution in [0.3, 0.4) is 0 Å². The first-order chi connectivity index (χ1) is 12.7. The van der Waals surface area contributed by atoms with Crippen molar-refractivity contribution in [2.24, 2.45) is 10.9 Å². The lowest BCUT2D eigenvalue weighted by Gasteiger charge is -2.34. The number of nitrogens with one attached hydrogen (secondary N) is 2. The minimum absolute atomic E-state index is 0. The maximum atomic E-state index is 11.5. The van der Waals surface area contributed by atoms with E-state index in [1.165, 1.54) is 5.56 Å². The Hall–Kier alpha value is -1.51. The summed E-state index contributed by atoms with van der Waals surface area (Å²) in [4.78, 5) is 18.7. The fraction of sp³-hybridized carbons (Fsp3) is 0.600. The second-order valence-electron chi connectivity index (χ2n) is 6.64. The Morgan fingerprint density at radius 2 is 2.07 bits per heavy atom. The van der Waals surface area contributed by atoms with Crippen molar-refractivity contribution in [2.75, 3.05) is 40.3 Å². The summed E-state index contributed by atoms with van der Waals surface area (Å²) < 4.78 is 5.28. The third-order valence-corrected chi connectivity index (χ3v) is 4.80. The van der Waals surface area contributed by atoms with E-state index in [9.17, 15) is 4.79 Å². The zero-order valence-corrected chi connectivity index (χ0v) is 19.0. The standard InChI is InChI=1S/C20H32N4O2.HI/c1-4-22-20(23-11-8-16-6-5-7-18(14-16)26-3)24-12-9-17(10-13-24)15-19(25)21-2;/h5-7,14,17H,4,8-13,15H2,1-3H3,(H,21,25)(H,22,23);1H. The lowest BCUT2D eigenvalue weighted by atomic mass is 9.93. The Labute approximate surface area is 180 Å². The molecule has 27 heavy (non-hydrogen) atoms. The molecule has 0 aromatic heterocycles. The van der Waals surface area contributed by atoms with E-state index < -0.39 is 0 Å². The third kappa shape index (κ3) is 7.94. The molecule has 2 N–H and O–H groups in total. The van der Waals surface area contributed by atoms with Gasteiger partial charge in [-0.3, -0.25) is 9.79 Å². The van der Waals surface area contributed by atoms with E-state index in [0.29, 0.717) is 12.3 Å². The first kappa shape index (κ1) is 23.5. The van der Waals surface area contributed by atoms with Crippen LogP contribution in [-0.4, -0.2) is 57.1 Å². The predicted molar refractivity (Wildman–Crippen MR) is 121 cm³/mol. The van der Waals surface area contributed by atoms with Crippen molar-refractivity contribution in [1.29, 1.82) is 0 Å². The van der Waals surface area contributed by atoms with Crippen LogP contribution in [0.2, 0.25) is 0 Å². The summed E-state index contributed by atoms with van der Waals surface area (Å²) in [7, 11) is 3.39. The number of benzene rings is 1. The number of carbonyl (C=O) groups excluding carboxylic acids is 1. The molecule has 0 bridgehead atoms. The van der Waals surface area contributed by atoms with E-state index in [1.807, 2.05) is 12.1 Å². The summed E-state index contributed by atoms with van der Waals surface area (Å²) in [5, 5.41) is 6.12. The number of hydrogen-bond acceptors (Lipinski definition) is 3. The van der Waals surface area contributed by atoms with Crippen LogP contribution in [0.15, 0.2) is 29.3 Å². The van der Waals surface area contributed by atoms with E-state index >= 15 is 0 Å². The Morgan fingerprint density at radius 1 is 1.33 bits per heavy atom. The van der Waals surface area contributed by atoms with Gasteiger partial charge in [0.25, 0.3) is 0 Å². The Morgan fingerprint density at radius 3 is 2.70 bits per heavy atom. The molecule has 152 valence electrons. The first-order valence-electron chi connectivity index (χ1n) is 9.53. The largest absolute Gasteiger partial charge is 0.497 e. The molecule has 1 saturated heterocycles. The number of nitrogens with zero attached hydrogens (tertiary/aromatic N) is 2. The fourth-order valence-electron chi connectivity index (χ4n) is 3.26. The van der Waals surface area contributed by atoms with Crippen LogP contribution in [0.4, 0.5) is 0 Å². The van der Waals surface area contributed by atoms with Gasteiger partial charge in [0.1, 0.15) is 5.75 Å². The van der Waals surface area contributed by atoms with E-state index in [0.717, 1.165) is 57.2 Å². The van der Waals surface area contributed by atoms with Gasteiger partial charge < -0.3 is 20.3 Å². The Bertz CT molecular complexity index is 601. The van der Waals surface area contributed by atoms with Crippen LogP contribution in [0.5, 0.6) is 5.75 Å². The first-order valence-corrected chi connectivity index (χ1v) is 9.53. The van der Waals surface area contributed by atoms with Crippen molar-refractivity contribution in [2.45, 2.75) is 32.6 Å². The molecule has 7 heteroatoms. The Kier molecular flexibility index (Phi) is 11.2.